The minimum atomic E-state index is -1.35. The van der Waals surface area contributed by atoms with Crippen LogP contribution in [0.1, 0.15) is 21.0 Å². The van der Waals surface area contributed by atoms with Crippen molar-refractivity contribution in [2.45, 2.75) is 6.10 Å². The molecule has 2 fully saturated rings. The number of imidazole rings is 1. The van der Waals surface area contributed by atoms with Gasteiger partial charge >= 0.3 is 0 Å². The predicted molar refractivity (Wildman–Crippen MR) is 165 cm³/mol. The van der Waals surface area contributed by atoms with Gasteiger partial charge in [-0.05, 0) is 37.4 Å². The Morgan fingerprint density at radius 3 is 2.36 bits per heavy atom. The van der Waals surface area contributed by atoms with Crippen molar-refractivity contribution < 1.29 is 47.3 Å². The number of aromatic nitrogens is 2. The number of nitrogens with one attached hydrogen (secondary N) is 2. The number of hydrogen-bond acceptors (Lipinski definition) is 9. The molecule has 3 heterocycles. The van der Waals surface area contributed by atoms with E-state index in [1.807, 2.05) is 4.90 Å². The molecule has 2 aliphatic rings. The normalized spacial score (nSPS) is 17.5. The van der Waals surface area contributed by atoms with E-state index in [2.05, 4.69) is 32.3 Å². The number of ether oxygens (including phenoxy) is 1. The summed E-state index contributed by atoms with van der Waals surface area (Å²) in [5.74, 6) is -4.01. The second-order valence-corrected chi connectivity index (χ2v) is 10.8. The third-order valence-corrected chi connectivity index (χ3v) is 7.75. The van der Waals surface area contributed by atoms with E-state index in [1.54, 1.807) is 0 Å². The summed E-state index contributed by atoms with van der Waals surface area (Å²) in [6.45, 7) is 3.06. The molecule has 2 saturated heterocycles. The molecule has 2 aromatic carbocycles. The van der Waals surface area contributed by atoms with E-state index in [9.17, 15) is 32.7 Å². The second-order valence-electron chi connectivity index (χ2n) is 10.4. The highest BCUT2D eigenvalue weighted by atomic mass is 35.5. The molecule has 13 nitrogen and oxygen atoms in total. The van der Waals surface area contributed by atoms with Crippen LogP contribution in [0, 0.1) is 17.6 Å². The Labute approximate surface area is 272 Å². The first-order valence-electron chi connectivity index (χ1n) is 14.2. The summed E-state index contributed by atoms with van der Waals surface area (Å²) >= 11 is 5.93. The standard InChI is InChI=1S/C19H13ClF3N3O3.C10H19N3O2.CH2O2/c1-26-14(12-4-5-15(29-9-21)17(23)16(12)22)7-24-18(26)19(28)25-11-3-2-10(8-27)13(20)6-11;1-12-2-4-13(5-3-12)10(15)8-6-11-7-9(8)14;2-1-3/h2-8H,9H2,1H3,(H,25,28);8-9,11,14H,2-7H2,1H3;1H,(H,2,3). The zero-order valence-corrected chi connectivity index (χ0v) is 26.2. The first kappa shape index (κ1) is 37.0. The third-order valence-electron chi connectivity index (χ3n) is 7.42. The fourth-order valence-electron chi connectivity index (χ4n) is 4.84. The molecule has 2 unspecified atom stereocenters. The smallest absolute Gasteiger partial charge is 0.291 e. The van der Waals surface area contributed by atoms with Crippen molar-refractivity contribution in [2.75, 3.05) is 58.5 Å². The molecule has 254 valence electrons. The predicted octanol–water partition coefficient (Wildman–Crippen LogP) is 2.43. The van der Waals surface area contributed by atoms with Crippen LogP contribution in [0.2, 0.25) is 5.02 Å². The lowest BCUT2D eigenvalue weighted by molar-refractivity contribution is -0.139. The van der Waals surface area contributed by atoms with E-state index < -0.39 is 36.3 Å². The summed E-state index contributed by atoms with van der Waals surface area (Å²) < 4.78 is 46.2. The van der Waals surface area contributed by atoms with Crippen LogP contribution in [0.15, 0.2) is 36.5 Å². The first-order valence-corrected chi connectivity index (χ1v) is 14.5. The van der Waals surface area contributed by atoms with Crippen LogP contribution < -0.4 is 15.4 Å². The lowest BCUT2D eigenvalue weighted by Gasteiger charge is -2.34. The maximum Gasteiger partial charge on any atom is 0.291 e. The molecule has 0 saturated carbocycles. The Balaban J connectivity index is 0.000000278. The lowest BCUT2D eigenvalue weighted by Crippen LogP contribution is -2.50. The number of hydrogen-bond donors (Lipinski definition) is 4. The second kappa shape index (κ2) is 17.4. The molecule has 3 aromatic rings. The molecular weight excluding hydrogens is 649 g/mol. The Bertz CT molecular complexity index is 1570. The van der Waals surface area contributed by atoms with Crippen LogP contribution in [0.5, 0.6) is 5.75 Å². The minimum absolute atomic E-state index is 0.0838. The van der Waals surface area contributed by atoms with Crippen LogP contribution in [0.25, 0.3) is 11.3 Å². The van der Waals surface area contributed by atoms with Gasteiger partial charge in [-0.1, -0.05) is 11.6 Å². The number of rotatable bonds is 7. The number of nitrogens with zero attached hydrogens (tertiary/aromatic N) is 4. The maximum absolute atomic E-state index is 14.4. The molecule has 47 heavy (non-hydrogen) atoms. The molecular formula is C30H34ClF3N6O7. The summed E-state index contributed by atoms with van der Waals surface area (Å²) in [5, 5.41) is 22.3. The summed E-state index contributed by atoms with van der Waals surface area (Å²) in [6.07, 6.45) is 1.28. The van der Waals surface area contributed by atoms with Crippen molar-refractivity contribution in [1.29, 1.82) is 0 Å². The number of carbonyl (C=O) groups is 4. The van der Waals surface area contributed by atoms with Gasteiger partial charge in [-0.2, -0.15) is 4.39 Å². The average molecular weight is 683 g/mol. The quantitative estimate of drug-likeness (QED) is 0.272. The van der Waals surface area contributed by atoms with Gasteiger partial charge in [-0.3, -0.25) is 19.2 Å². The number of aldehydes is 1. The molecule has 0 aliphatic carbocycles. The van der Waals surface area contributed by atoms with E-state index in [0.717, 1.165) is 32.2 Å². The minimum Gasteiger partial charge on any atom is -0.483 e. The van der Waals surface area contributed by atoms with E-state index in [4.69, 9.17) is 21.5 Å². The molecule has 2 amide bonds. The molecule has 4 N–H and O–H groups in total. The van der Waals surface area contributed by atoms with Gasteiger partial charge in [0.1, 0.15) is 0 Å². The average Bonchev–Trinajstić information content (AvgIpc) is 3.65. The first-order chi connectivity index (χ1) is 22.5. The summed E-state index contributed by atoms with van der Waals surface area (Å²) in [5.41, 5.74) is 0.524. The van der Waals surface area contributed by atoms with Crippen LogP contribution >= 0.6 is 11.6 Å². The highest BCUT2D eigenvalue weighted by molar-refractivity contribution is 6.33. The number of β-amino-alcohol motifs (C(OH)–C–C–N with tert-alkyl or cyclic N) is 1. The number of halogens is 4. The molecule has 0 radical (unpaired) electrons. The van der Waals surface area contributed by atoms with E-state index in [-0.39, 0.29) is 46.0 Å². The largest absolute Gasteiger partial charge is 0.483 e. The Kier molecular flexibility index (Phi) is 13.7. The number of anilines is 1. The van der Waals surface area contributed by atoms with Gasteiger partial charge in [0.25, 0.3) is 12.4 Å². The number of carboxylic acid groups (broad SMARTS) is 1. The SMILES string of the molecule is CN1CCN(C(=O)C2CNCC2O)CC1.Cn1c(-c2ccc(OCF)c(F)c2F)cnc1C(=O)Nc1ccc(C=O)c(Cl)c1.O=CO. The molecule has 2 atom stereocenters. The van der Waals surface area contributed by atoms with Crippen molar-refractivity contribution in [3.8, 4) is 17.0 Å². The van der Waals surface area contributed by atoms with E-state index in [1.165, 1.54) is 42.1 Å². The number of alkyl halides is 1. The topological polar surface area (TPSA) is 166 Å². The zero-order chi connectivity index (χ0) is 34.7. The molecule has 1 aromatic heterocycles. The molecule has 5 rings (SSSR count). The number of aliphatic hydroxyl groups is 1. The van der Waals surface area contributed by atoms with Crippen molar-refractivity contribution in [3.05, 3.63) is 64.6 Å². The summed E-state index contributed by atoms with van der Waals surface area (Å²) in [6, 6.07) is 6.59. The molecule has 17 heteroatoms. The van der Waals surface area contributed by atoms with Gasteiger partial charge < -0.3 is 40.0 Å². The lowest BCUT2D eigenvalue weighted by atomic mass is 10.0. The van der Waals surface area contributed by atoms with Gasteiger partial charge in [0.2, 0.25) is 18.6 Å². The van der Waals surface area contributed by atoms with Crippen molar-refractivity contribution in [3.63, 3.8) is 0 Å². The highest BCUT2D eigenvalue weighted by Gasteiger charge is 2.35. The van der Waals surface area contributed by atoms with Gasteiger partial charge in [0.15, 0.2) is 23.7 Å². The number of likely N-dealkylation sites (N-methyl/N-ethyl adjacent to an activating group) is 1. The fraction of sp³-hybridized carbons (Fsp3) is 0.367. The number of amides is 2. The van der Waals surface area contributed by atoms with Crippen molar-refractivity contribution in [2.24, 2.45) is 13.0 Å². The number of piperazine rings is 1. The van der Waals surface area contributed by atoms with Gasteiger partial charge in [-0.25, -0.2) is 13.8 Å². The van der Waals surface area contributed by atoms with Crippen LogP contribution in [-0.4, -0.2) is 113 Å². The maximum atomic E-state index is 14.4. The number of aliphatic hydroxyl groups excluding tert-OH is 1. The molecule has 0 bridgehead atoms. The van der Waals surface area contributed by atoms with Crippen molar-refractivity contribution in [1.82, 2.24) is 24.7 Å². The Morgan fingerprint density at radius 2 is 1.79 bits per heavy atom. The molecule has 2 aliphatic heterocycles. The molecule has 0 spiro atoms. The van der Waals surface area contributed by atoms with E-state index in [0.29, 0.717) is 25.1 Å². The Hall–Kier alpha value is -4.51. The number of benzene rings is 2. The van der Waals surface area contributed by atoms with E-state index >= 15 is 0 Å². The van der Waals surface area contributed by atoms with Crippen LogP contribution in [0.4, 0.5) is 18.9 Å². The highest BCUT2D eigenvalue weighted by Crippen LogP contribution is 2.30. The number of carbonyl (C=O) groups excluding carboxylic acids is 3. The van der Waals surface area contributed by atoms with Gasteiger partial charge in [0, 0.05) is 63.1 Å². The third kappa shape index (κ3) is 9.28. The van der Waals surface area contributed by atoms with Gasteiger partial charge in [-0.15, -0.1) is 0 Å². The Morgan fingerprint density at radius 1 is 1.11 bits per heavy atom. The fourth-order valence-corrected chi connectivity index (χ4v) is 5.06. The van der Waals surface area contributed by atoms with Gasteiger partial charge in [0.05, 0.1) is 28.9 Å². The van der Waals surface area contributed by atoms with Crippen LogP contribution in [0.3, 0.4) is 0 Å². The summed E-state index contributed by atoms with van der Waals surface area (Å²) in [7, 11) is 3.51. The summed E-state index contributed by atoms with van der Waals surface area (Å²) in [4.78, 5) is 51.7. The zero-order valence-electron chi connectivity index (χ0n) is 25.5. The van der Waals surface area contributed by atoms with Crippen molar-refractivity contribution >= 4 is 41.9 Å². The monoisotopic (exact) mass is 682 g/mol. The van der Waals surface area contributed by atoms with Crippen LogP contribution in [-0.2, 0) is 16.6 Å².